The summed E-state index contributed by atoms with van der Waals surface area (Å²) in [6.45, 7) is 10.3. The van der Waals surface area contributed by atoms with Crippen LogP contribution in [0, 0.1) is 0 Å². The van der Waals surface area contributed by atoms with E-state index in [0.717, 1.165) is 48.4 Å². The van der Waals surface area contributed by atoms with Crippen LogP contribution in [0.15, 0.2) is 33.7 Å². The molecule has 5 rings (SSSR count). The number of aromatic nitrogens is 1. The van der Waals surface area contributed by atoms with Gasteiger partial charge in [-0.05, 0) is 83.3 Å². The minimum atomic E-state index is -4.95. The molecule has 3 unspecified atom stereocenters. The summed E-state index contributed by atoms with van der Waals surface area (Å²) >= 11 is 1.08. The fraction of sp³-hybridized carbons (Fsp3) is 0.533. The molecule has 2 aromatic rings. The molecule has 2 fully saturated rings. The van der Waals surface area contributed by atoms with Crippen LogP contribution >= 0.6 is 11.3 Å². The lowest BCUT2D eigenvalue weighted by atomic mass is 9.84. The highest BCUT2D eigenvalue weighted by Gasteiger charge is 2.58. The van der Waals surface area contributed by atoms with Gasteiger partial charge >= 0.3 is 10.4 Å². The van der Waals surface area contributed by atoms with Crippen molar-refractivity contribution in [3.63, 3.8) is 0 Å². The Morgan fingerprint density at radius 3 is 2.52 bits per heavy atom. The number of fused-ring (bicyclic) bond motifs is 1. The normalized spacial score (nSPS) is 21.1. The Morgan fingerprint density at radius 1 is 1.28 bits per heavy atom. The maximum absolute atomic E-state index is 13.3. The maximum Gasteiger partial charge on any atom is 0.418 e. The monoisotopic (exact) mass is 740 g/mol. The van der Waals surface area contributed by atoms with Crippen molar-refractivity contribution in [3.8, 4) is 5.75 Å². The van der Waals surface area contributed by atoms with Crippen molar-refractivity contribution in [2.24, 2.45) is 15.9 Å². The number of hydrogen-bond donors (Lipinski definition) is 6. The zero-order valence-electron chi connectivity index (χ0n) is 28.4. The van der Waals surface area contributed by atoms with E-state index in [1.54, 1.807) is 6.92 Å². The molecular formula is C30H44N8O10S2. The molecule has 20 heteroatoms. The number of oxime groups is 1. The third-order valence-corrected chi connectivity index (χ3v) is 8.91. The lowest BCUT2D eigenvalue weighted by Gasteiger charge is -2.50. The van der Waals surface area contributed by atoms with Gasteiger partial charge in [0.05, 0.1) is 11.6 Å². The predicted molar refractivity (Wildman–Crippen MR) is 185 cm³/mol. The number of piperidine rings is 1. The lowest BCUT2D eigenvalue weighted by Crippen LogP contribution is -2.76. The summed E-state index contributed by atoms with van der Waals surface area (Å²) < 4.78 is 41.8. The first-order chi connectivity index (χ1) is 23.6. The number of thiazole rings is 1. The number of carboxylic acid groups (broad SMARTS) is 1. The molecule has 4 heterocycles. The average molecular weight is 741 g/mol. The van der Waals surface area contributed by atoms with E-state index in [1.807, 2.05) is 32.0 Å². The first-order valence-electron chi connectivity index (χ1n) is 15.8. The molecule has 0 bridgehead atoms. The molecule has 0 radical (unpaired) electrons. The summed E-state index contributed by atoms with van der Waals surface area (Å²) in [4.78, 5) is 48.8. The number of aryl methyl sites for hydroxylation is 1. The number of nitrogen functional groups attached to an aromatic ring is 1. The Bertz CT molecular complexity index is 1670. The number of ether oxygens (including phenoxy) is 1. The van der Waals surface area contributed by atoms with Gasteiger partial charge in [0.25, 0.3) is 18.3 Å². The highest BCUT2D eigenvalue weighted by Crippen LogP contribution is 2.33. The SMILES string of the molecule is CC.CC(O/N=C(\C(=O)NC1C(=O)N(OS(=O)(=O)O)C1(C)C)c1csc(N)n1)C1CCc2cc(C(N)=NC3CCNCC3)ccc2O1.O=CO. The van der Waals surface area contributed by atoms with Crippen LogP contribution in [0.2, 0.25) is 0 Å². The fourth-order valence-electron chi connectivity index (χ4n) is 5.33. The standard InChI is InChI=1S/C27H36N8O8S2.C2H6.CH2O2/c1-14(19-6-4-15-12-16(5-7-20(15)41-19)23(28)31-17-8-10-30-11-9-17)42-34-21(18-13-44-26(29)32-18)24(36)33-22-25(37)35(27(22,2)3)43-45(38,39)40;1-2;2-1-3/h5,7,12-14,17,19,22,30H,4,6,8-11H2,1-3H3,(H2,28,31)(H2,29,32)(H,33,36)(H,38,39,40);1-2H3;1H,(H,2,3)/b34-21-;;. The Balaban J connectivity index is 0.00000128. The van der Waals surface area contributed by atoms with Gasteiger partial charge in [0.2, 0.25) is 0 Å². The molecule has 0 spiro atoms. The summed E-state index contributed by atoms with van der Waals surface area (Å²) in [5, 5.41) is 18.9. The van der Waals surface area contributed by atoms with Gasteiger partial charge in [0, 0.05) is 10.9 Å². The number of hydroxylamine groups is 2. The van der Waals surface area contributed by atoms with Crippen LogP contribution in [0.4, 0.5) is 5.13 Å². The number of nitrogens with zero attached hydrogens (tertiary/aromatic N) is 4. The van der Waals surface area contributed by atoms with Gasteiger partial charge in [-0.2, -0.15) is 13.5 Å². The molecule has 3 atom stereocenters. The van der Waals surface area contributed by atoms with E-state index in [0.29, 0.717) is 29.5 Å². The number of β-lactam (4-membered cyclic amide) rings is 1. The van der Waals surface area contributed by atoms with Crippen molar-refractivity contribution in [3.05, 3.63) is 40.4 Å². The van der Waals surface area contributed by atoms with Crippen molar-refractivity contribution in [2.45, 2.75) is 90.1 Å². The van der Waals surface area contributed by atoms with E-state index < -0.39 is 46.0 Å². The highest BCUT2D eigenvalue weighted by molar-refractivity contribution is 7.80. The van der Waals surface area contributed by atoms with Crippen LogP contribution in [-0.2, 0) is 40.3 Å². The van der Waals surface area contributed by atoms with Gasteiger partial charge in [-0.25, -0.2) is 4.98 Å². The number of hydrogen-bond acceptors (Lipinski definition) is 14. The summed E-state index contributed by atoms with van der Waals surface area (Å²) in [5.74, 6) is -0.514. The van der Waals surface area contributed by atoms with Crippen molar-refractivity contribution < 1.29 is 46.3 Å². The minimum absolute atomic E-state index is 0.115. The molecular weight excluding hydrogens is 697 g/mol. The molecule has 1 aromatic carbocycles. The molecule has 8 N–H and O–H groups in total. The number of aliphatic imine (C=N–C) groups is 1. The summed E-state index contributed by atoms with van der Waals surface area (Å²) in [6, 6.07) is 4.75. The Morgan fingerprint density at radius 2 is 1.94 bits per heavy atom. The molecule has 3 aliphatic heterocycles. The van der Waals surface area contributed by atoms with Crippen LogP contribution < -0.4 is 26.8 Å². The third-order valence-electron chi connectivity index (χ3n) is 7.90. The van der Waals surface area contributed by atoms with Gasteiger partial charge in [0.15, 0.2) is 16.9 Å². The fourth-order valence-corrected chi connectivity index (χ4v) is 6.33. The topological polar surface area (TPSA) is 270 Å². The molecule has 2 saturated heterocycles. The van der Waals surface area contributed by atoms with Crippen LogP contribution in [-0.4, -0.2) is 101 Å². The van der Waals surface area contributed by atoms with Gasteiger partial charge in [-0.3, -0.25) is 23.9 Å². The van der Waals surface area contributed by atoms with Gasteiger partial charge < -0.3 is 36.8 Å². The van der Waals surface area contributed by atoms with E-state index in [4.69, 9.17) is 40.5 Å². The molecule has 3 aliphatic rings. The van der Waals surface area contributed by atoms with Crippen molar-refractivity contribution in [1.29, 1.82) is 0 Å². The number of benzene rings is 1. The largest absolute Gasteiger partial charge is 0.486 e. The molecule has 2 amide bonds. The second kappa shape index (κ2) is 17.5. The Kier molecular flexibility index (Phi) is 14.0. The Labute approximate surface area is 294 Å². The van der Waals surface area contributed by atoms with Crippen molar-refractivity contribution in [2.75, 3.05) is 18.8 Å². The zero-order chi connectivity index (χ0) is 37.2. The number of rotatable bonds is 10. The number of nitrogens with two attached hydrogens (primary N) is 2. The van der Waals surface area contributed by atoms with Gasteiger partial charge in [0.1, 0.15) is 29.4 Å². The second-order valence-corrected chi connectivity index (χ2v) is 13.5. The number of amides is 2. The first kappa shape index (κ1) is 40.1. The van der Waals surface area contributed by atoms with E-state index in [2.05, 4.69) is 25.1 Å². The van der Waals surface area contributed by atoms with Crippen molar-refractivity contribution >= 4 is 56.7 Å². The predicted octanol–water partition coefficient (Wildman–Crippen LogP) is 1.25. The van der Waals surface area contributed by atoms with Crippen LogP contribution in [0.25, 0.3) is 0 Å². The van der Waals surface area contributed by atoms with E-state index >= 15 is 0 Å². The number of nitrogens with one attached hydrogen (secondary N) is 2. The summed E-state index contributed by atoms with van der Waals surface area (Å²) in [7, 11) is -4.95. The van der Waals surface area contributed by atoms with E-state index in [9.17, 15) is 18.0 Å². The van der Waals surface area contributed by atoms with E-state index in [1.165, 1.54) is 19.2 Å². The van der Waals surface area contributed by atoms with Gasteiger partial charge in [-0.1, -0.05) is 19.0 Å². The van der Waals surface area contributed by atoms with E-state index in [-0.39, 0.29) is 29.1 Å². The minimum Gasteiger partial charge on any atom is -0.486 e. The molecule has 18 nitrogen and oxygen atoms in total. The molecule has 0 saturated carbocycles. The molecule has 1 aromatic heterocycles. The summed E-state index contributed by atoms with van der Waals surface area (Å²) in [6.07, 6.45) is 2.23. The van der Waals surface area contributed by atoms with Gasteiger partial charge in [-0.15, -0.1) is 15.6 Å². The molecule has 50 heavy (non-hydrogen) atoms. The number of carbonyl (C=O) groups excluding carboxylic acids is 2. The number of amidine groups is 1. The van der Waals surface area contributed by atoms with Crippen LogP contribution in [0.5, 0.6) is 5.75 Å². The Hall–Kier alpha value is -4.37. The first-order valence-corrected chi connectivity index (χ1v) is 18.1. The second-order valence-electron chi connectivity index (χ2n) is 11.6. The zero-order valence-corrected chi connectivity index (χ0v) is 30.0. The number of anilines is 1. The average Bonchev–Trinajstić information content (AvgIpc) is 3.52. The summed E-state index contributed by atoms with van der Waals surface area (Å²) in [5.41, 5.74) is 12.5. The lowest BCUT2D eigenvalue weighted by molar-refractivity contribution is -0.218. The number of carbonyl (C=O) groups is 3. The smallest absolute Gasteiger partial charge is 0.418 e. The van der Waals surface area contributed by atoms with Crippen molar-refractivity contribution in [1.82, 2.24) is 20.7 Å². The molecule has 276 valence electrons. The quantitative estimate of drug-likeness (QED) is 0.0500. The van der Waals surface area contributed by atoms with Crippen LogP contribution in [0.1, 0.15) is 70.7 Å². The highest BCUT2D eigenvalue weighted by atomic mass is 32.3. The molecule has 0 aliphatic carbocycles. The third kappa shape index (κ3) is 10.1. The maximum atomic E-state index is 13.3. The van der Waals surface area contributed by atoms with Crippen LogP contribution in [0.3, 0.4) is 0 Å².